The molecule has 0 atom stereocenters. The van der Waals surface area contributed by atoms with Crippen molar-refractivity contribution in [1.82, 2.24) is 20.0 Å². The number of rotatable bonds is 2. The zero-order valence-corrected chi connectivity index (χ0v) is 10.5. The van der Waals surface area contributed by atoms with E-state index in [9.17, 15) is 0 Å². The molecule has 88 valence electrons. The molecule has 0 fully saturated rings. The summed E-state index contributed by atoms with van der Waals surface area (Å²) in [6, 6.07) is 2.22. The zero-order valence-electron chi connectivity index (χ0n) is 10.5. The van der Waals surface area contributed by atoms with Crippen LogP contribution in [-0.2, 0) is 0 Å². The van der Waals surface area contributed by atoms with Crippen LogP contribution in [0.4, 0.5) is 5.69 Å². The van der Waals surface area contributed by atoms with Gasteiger partial charge in [0.2, 0.25) is 0 Å². The van der Waals surface area contributed by atoms with E-state index < -0.39 is 0 Å². The first kappa shape index (κ1) is 12.4. The molecule has 0 aliphatic heterocycles. The van der Waals surface area contributed by atoms with Crippen LogP contribution in [0.2, 0.25) is 0 Å². The van der Waals surface area contributed by atoms with E-state index in [1.54, 1.807) is 6.20 Å². The second-order valence-corrected chi connectivity index (χ2v) is 3.44. The van der Waals surface area contributed by atoms with E-state index in [1.165, 1.54) is 0 Å². The van der Waals surface area contributed by atoms with Crippen LogP contribution in [0.1, 0.15) is 33.7 Å². The Kier molecular flexibility index (Phi) is 4.22. The highest BCUT2D eigenvalue weighted by molar-refractivity contribution is 5.73. The van der Waals surface area contributed by atoms with E-state index in [0.29, 0.717) is 0 Å². The summed E-state index contributed by atoms with van der Waals surface area (Å²) in [4.78, 5) is 4.31. The summed E-state index contributed by atoms with van der Waals surface area (Å²) >= 11 is 0. The van der Waals surface area contributed by atoms with Crippen molar-refractivity contribution in [3.05, 3.63) is 12.3 Å². The van der Waals surface area contributed by atoms with Crippen molar-refractivity contribution in [2.45, 2.75) is 33.7 Å². The molecule has 2 aromatic rings. The standard InChI is InChI=1S/C9H13N5.C2H6/c1-6(2)14-9-8(12-13-14)4-7(10-3)5-11-9;1-2/h4-6,10H,1-3H3;1-2H3. The van der Waals surface area contributed by atoms with E-state index in [-0.39, 0.29) is 6.04 Å². The van der Waals surface area contributed by atoms with Gasteiger partial charge in [0.1, 0.15) is 5.52 Å². The van der Waals surface area contributed by atoms with E-state index >= 15 is 0 Å². The van der Waals surface area contributed by atoms with Gasteiger partial charge in [-0.25, -0.2) is 9.67 Å². The third-order valence-corrected chi connectivity index (χ3v) is 2.09. The quantitative estimate of drug-likeness (QED) is 0.846. The monoisotopic (exact) mass is 221 g/mol. The second kappa shape index (κ2) is 5.44. The second-order valence-electron chi connectivity index (χ2n) is 3.44. The third-order valence-electron chi connectivity index (χ3n) is 2.09. The molecule has 0 spiro atoms. The van der Waals surface area contributed by atoms with Crippen molar-refractivity contribution in [3.63, 3.8) is 0 Å². The lowest BCUT2D eigenvalue weighted by molar-refractivity contribution is 0.526. The molecule has 0 radical (unpaired) electrons. The average molecular weight is 221 g/mol. The van der Waals surface area contributed by atoms with E-state index in [0.717, 1.165) is 16.9 Å². The Morgan fingerprint density at radius 3 is 2.56 bits per heavy atom. The van der Waals surface area contributed by atoms with Gasteiger partial charge in [-0.3, -0.25) is 0 Å². The van der Waals surface area contributed by atoms with Crippen molar-refractivity contribution in [3.8, 4) is 0 Å². The molecule has 0 bridgehead atoms. The van der Waals surface area contributed by atoms with Gasteiger partial charge in [-0.15, -0.1) is 5.10 Å². The van der Waals surface area contributed by atoms with Gasteiger partial charge in [-0.1, -0.05) is 19.1 Å². The average Bonchev–Trinajstić information content (AvgIpc) is 2.74. The molecule has 0 aliphatic carbocycles. The predicted octanol–water partition coefficient (Wildman–Crippen LogP) is 2.48. The van der Waals surface area contributed by atoms with Gasteiger partial charge >= 0.3 is 0 Å². The van der Waals surface area contributed by atoms with Crippen molar-refractivity contribution in [1.29, 1.82) is 0 Å². The summed E-state index contributed by atoms with van der Waals surface area (Å²) in [5, 5.41) is 11.1. The maximum Gasteiger partial charge on any atom is 0.178 e. The number of fused-ring (bicyclic) bond motifs is 1. The number of nitrogens with one attached hydrogen (secondary N) is 1. The first-order valence-corrected chi connectivity index (χ1v) is 5.61. The first-order valence-electron chi connectivity index (χ1n) is 5.61. The highest BCUT2D eigenvalue weighted by Crippen LogP contribution is 2.16. The topological polar surface area (TPSA) is 55.6 Å². The fourth-order valence-corrected chi connectivity index (χ4v) is 1.32. The van der Waals surface area contributed by atoms with E-state index in [1.807, 2.05) is 31.6 Å². The highest BCUT2D eigenvalue weighted by Gasteiger charge is 2.08. The molecule has 5 heteroatoms. The Balaban J connectivity index is 0.000000606. The van der Waals surface area contributed by atoms with Gasteiger partial charge in [0.05, 0.1) is 17.9 Å². The molecule has 1 N–H and O–H groups in total. The molecule has 2 aromatic heterocycles. The van der Waals surface area contributed by atoms with Crippen LogP contribution in [0.3, 0.4) is 0 Å². The van der Waals surface area contributed by atoms with Crippen molar-refractivity contribution >= 4 is 16.9 Å². The van der Waals surface area contributed by atoms with Crippen LogP contribution >= 0.6 is 0 Å². The van der Waals surface area contributed by atoms with Crippen molar-refractivity contribution < 1.29 is 0 Å². The molecule has 0 amide bonds. The summed E-state index contributed by atoms with van der Waals surface area (Å²) in [5.41, 5.74) is 2.61. The Hall–Kier alpha value is -1.65. The molecular weight excluding hydrogens is 202 g/mol. The van der Waals surface area contributed by atoms with Gasteiger partial charge in [0, 0.05) is 7.05 Å². The minimum atomic E-state index is 0.285. The summed E-state index contributed by atoms with van der Waals surface area (Å²) in [7, 11) is 1.86. The minimum Gasteiger partial charge on any atom is -0.387 e. The van der Waals surface area contributed by atoms with Crippen molar-refractivity contribution in [2.75, 3.05) is 12.4 Å². The summed E-state index contributed by atoms with van der Waals surface area (Å²) in [6.45, 7) is 8.11. The lowest BCUT2D eigenvalue weighted by atomic mass is 10.3. The number of hydrogen-bond acceptors (Lipinski definition) is 4. The molecule has 2 rings (SSSR count). The van der Waals surface area contributed by atoms with E-state index in [2.05, 4.69) is 34.5 Å². The van der Waals surface area contributed by atoms with Gasteiger partial charge < -0.3 is 5.32 Å². The molecular formula is C11H19N5. The normalized spacial score (nSPS) is 10.1. The SMILES string of the molecule is CC.CNc1cnc2c(c1)nnn2C(C)C. The van der Waals surface area contributed by atoms with Crippen LogP contribution in [0, 0.1) is 0 Å². The highest BCUT2D eigenvalue weighted by atomic mass is 15.4. The minimum absolute atomic E-state index is 0.285. The number of nitrogens with zero attached hydrogens (tertiary/aromatic N) is 4. The number of anilines is 1. The fraction of sp³-hybridized carbons (Fsp3) is 0.545. The summed E-state index contributed by atoms with van der Waals surface area (Å²) < 4.78 is 1.81. The van der Waals surface area contributed by atoms with Crippen LogP contribution in [0.25, 0.3) is 11.2 Å². The smallest absolute Gasteiger partial charge is 0.178 e. The maximum absolute atomic E-state index is 4.31. The molecule has 0 aromatic carbocycles. The Morgan fingerprint density at radius 1 is 1.31 bits per heavy atom. The first-order chi connectivity index (χ1) is 7.72. The molecule has 0 aliphatic rings. The maximum atomic E-state index is 4.31. The largest absolute Gasteiger partial charge is 0.387 e. The molecule has 16 heavy (non-hydrogen) atoms. The third kappa shape index (κ3) is 2.29. The molecule has 5 nitrogen and oxygen atoms in total. The molecule has 0 saturated carbocycles. The number of pyridine rings is 1. The Bertz CT molecular complexity index is 447. The zero-order chi connectivity index (χ0) is 12.1. The number of hydrogen-bond donors (Lipinski definition) is 1. The Labute approximate surface area is 95.9 Å². The fourth-order valence-electron chi connectivity index (χ4n) is 1.32. The summed E-state index contributed by atoms with van der Waals surface area (Å²) in [5.74, 6) is 0. The van der Waals surface area contributed by atoms with Crippen LogP contribution in [0.5, 0.6) is 0 Å². The number of aromatic nitrogens is 4. The van der Waals surface area contributed by atoms with Crippen LogP contribution in [-0.4, -0.2) is 27.0 Å². The lowest BCUT2D eigenvalue weighted by Gasteiger charge is -2.04. The Morgan fingerprint density at radius 2 is 2.00 bits per heavy atom. The molecule has 0 saturated heterocycles. The molecule has 0 unspecified atom stereocenters. The van der Waals surface area contributed by atoms with Crippen LogP contribution < -0.4 is 5.32 Å². The summed E-state index contributed by atoms with van der Waals surface area (Å²) in [6.07, 6.45) is 1.78. The van der Waals surface area contributed by atoms with E-state index in [4.69, 9.17) is 0 Å². The van der Waals surface area contributed by atoms with Crippen molar-refractivity contribution in [2.24, 2.45) is 0 Å². The van der Waals surface area contributed by atoms with Gasteiger partial charge in [0.15, 0.2) is 5.65 Å². The molecule has 2 heterocycles. The predicted molar refractivity (Wildman–Crippen MR) is 66.6 cm³/mol. The lowest BCUT2D eigenvalue weighted by Crippen LogP contribution is -2.03. The van der Waals surface area contributed by atoms with Gasteiger partial charge in [-0.05, 0) is 19.9 Å². The van der Waals surface area contributed by atoms with Gasteiger partial charge in [0.25, 0.3) is 0 Å². The van der Waals surface area contributed by atoms with Gasteiger partial charge in [-0.2, -0.15) is 0 Å². The van der Waals surface area contributed by atoms with Crippen LogP contribution in [0.15, 0.2) is 12.3 Å².